The Labute approximate surface area is 182 Å². The second-order valence-electron chi connectivity index (χ2n) is 6.34. The molecule has 0 amide bonds. The molecular weight excluding hydrogens is 475 g/mol. The van der Waals surface area contributed by atoms with E-state index >= 15 is 0 Å². The molecule has 1 fully saturated rings. The molecule has 0 spiro atoms. The molecule has 8 heteroatoms. The van der Waals surface area contributed by atoms with E-state index in [-0.39, 0.29) is 24.0 Å². The molecule has 0 bridgehead atoms. The van der Waals surface area contributed by atoms with Gasteiger partial charge in [0, 0.05) is 39.3 Å². The molecular formula is C19H29IN4O2S. The highest BCUT2D eigenvalue weighted by molar-refractivity contribution is 14.0. The number of aliphatic imine (C=N–C) groups is 1. The summed E-state index contributed by atoms with van der Waals surface area (Å²) in [5, 5.41) is 10.4. The summed E-state index contributed by atoms with van der Waals surface area (Å²) in [7, 11) is 1.82. The molecule has 150 valence electrons. The van der Waals surface area contributed by atoms with Crippen molar-refractivity contribution in [2.24, 2.45) is 4.99 Å². The molecule has 2 N–H and O–H groups in total. The number of piperidine rings is 1. The van der Waals surface area contributed by atoms with Gasteiger partial charge in [-0.15, -0.1) is 35.3 Å². The van der Waals surface area contributed by atoms with Crippen molar-refractivity contribution in [1.82, 2.24) is 10.6 Å². The lowest BCUT2D eigenvalue weighted by molar-refractivity contribution is 0.105. The SMILES string of the molecule is CN=C(NCCCOCc1ccco1)NC1CCN(c2cccs2)CC1.I. The van der Waals surface area contributed by atoms with Crippen LogP contribution < -0.4 is 15.5 Å². The molecule has 0 aliphatic carbocycles. The van der Waals surface area contributed by atoms with Crippen LogP contribution in [0.4, 0.5) is 5.00 Å². The Morgan fingerprint density at radius 1 is 1.33 bits per heavy atom. The summed E-state index contributed by atoms with van der Waals surface area (Å²) in [6.45, 7) is 4.25. The molecule has 1 aliphatic heterocycles. The summed E-state index contributed by atoms with van der Waals surface area (Å²) in [6, 6.07) is 8.60. The summed E-state index contributed by atoms with van der Waals surface area (Å²) in [5.74, 6) is 1.75. The smallest absolute Gasteiger partial charge is 0.191 e. The van der Waals surface area contributed by atoms with E-state index in [4.69, 9.17) is 9.15 Å². The third kappa shape index (κ3) is 7.34. The molecule has 6 nitrogen and oxygen atoms in total. The predicted molar refractivity (Wildman–Crippen MR) is 122 cm³/mol. The second-order valence-corrected chi connectivity index (χ2v) is 7.27. The maximum Gasteiger partial charge on any atom is 0.191 e. The maximum absolute atomic E-state index is 5.59. The zero-order valence-electron chi connectivity index (χ0n) is 15.7. The van der Waals surface area contributed by atoms with Gasteiger partial charge in [-0.1, -0.05) is 0 Å². The number of nitrogens with zero attached hydrogens (tertiary/aromatic N) is 2. The van der Waals surface area contributed by atoms with E-state index in [2.05, 4.69) is 38.0 Å². The average molecular weight is 504 g/mol. The van der Waals surface area contributed by atoms with Gasteiger partial charge in [0.1, 0.15) is 12.4 Å². The lowest BCUT2D eigenvalue weighted by Crippen LogP contribution is -2.48. The number of furan rings is 1. The Morgan fingerprint density at radius 2 is 2.19 bits per heavy atom. The number of hydrogen-bond acceptors (Lipinski definition) is 5. The largest absolute Gasteiger partial charge is 0.467 e. The minimum absolute atomic E-state index is 0. The minimum Gasteiger partial charge on any atom is -0.467 e. The van der Waals surface area contributed by atoms with Gasteiger partial charge < -0.3 is 24.7 Å². The van der Waals surface area contributed by atoms with Gasteiger partial charge in [0.2, 0.25) is 0 Å². The van der Waals surface area contributed by atoms with Gasteiger partial charge in [-0.2, -0.15) is 0 Å². The van der Waals surface area contributed by atoms with Crippen LogP contribution in [-0.4, -0.2) is 45.3 Å². The maximum atomic E-state index is 5.59. The van der Waals surface area contributed by atoms with Gasteiger partial charge in [0.05, 0.1) is 11.3 Å². The van der Waals surface area contributed by atoms with Crippen LogP contribution in [0.5, 0.6) is 0 Å². The van der Waals surface area contributed by atoms with Crippen molar-refractivity contribution in [3.05, 3.63) is 41.7 Å². The lowest BCUT2D eigenvalue weighted by Gasteiger charge is -2.33. The molecule has 27 heavy (non-hydrogen) atoms. The van der Waals surface area contributed by atoms with E-state index in [1.165, 1.54) is 5.00 Å². The topological polar surface area (TPSA) is 62.0 Å². The molecule has 3 heterocycles. The fourth-order valence-electron chi connectivity index (χ4n) is 3.03. The molecule has 0 aromatic carbocycles. The molecule has 1 aliphatic rings. The van der Waals surface area contributed by atoms with E-state index in [0.29, 0.717) is 19.3 Å². The highest BCUT2D eigenvalue weighted by Gasteiger charge is 2.20. The molecule has 2 aromatic heterocycles. The standard InChI is InChI=1S/C19H28N4O2S.HI/c1-20-19(21-9-4-12-24-15-17-5-2-13-25-17)22-16-7-10-23(11-8-16)18-6-3-14-26-18;/h2-3,5-6,13-14,16H,4,7-12,15H2,1H3,(H2,20,21,22);1H. The Morgan fingerprint density at radius 3 is 2.85 bits per heavy atom. The Bertz CT molecular complexity index is 641. The normalized spacial score (nSPS) is 15.4. The predicted octanol–water partition coefficient (Wildman–Crippen LogP) is 3.70. The molecule has 0 atom stereocenters. The number of ether oxygens (including phenoxy) is 1. The van der Waals surface area contributed by atoms with Crippen molar-refractivity contribution in [2.75, 3.05) is 38.2 Å². The van der Waals surface area contributed by atoms with Crippen molar-refractivity contribution < 1.29 is 9.15 Å². The first-order chi connectivity index (χ1) is 12.8. The van der Waals surface area contributed by atoms with Gasteiger partial charge >= 0.3 is 0 Å². The van der Waals surface area contributed by atoms with Crippen LogP contribution in [0.25, 0.3) is 0 Å². The molecule has 2 aromatic rings. The summed E-state index contributed by atoms with van der Waals surface area (Å²) in [4.78, 5) is 6.80. The van der Waals surface area contributed by atoms with Crippen LogP contribution in [-0.2, 0) is 11.3 Å². The molecule has 3 rings (SSSR count). The Kier molecular flexibility index (Phi) is 10.00. The number of thiophene rings is 1. The van der Waals surface area contributed by atoms with E-state index in [9.17, 15) is 0 Å². The minimum atomic E-state index is 0. The first-order valence-electron chi connectivity index (χ1n) is 9.21. The third-order valence-corrected chi connectivity index (χ3v) is 5.39. The third-order valence-electron chi connectivity index (χ3n) is 4.46. The van der Waals surface area contributed by atoms with Gasteiger partial charge in [0.15, 0.2) is 5.96 Å². The summed E-state index contributed by atoms with van der Waals surface area (Å²) in [6.07, 6.45) is 4.86. The lowest BCUT2D eigenvalue weighted by atomic mass is 10.1. The van der Waals surface area contributed by atoms with E-state index in [0.717, 1.165) is 50.6 Å². The number of rotatable bonds is 8. The average Bonchev–Trinajstić information content (AvgIpc) is 3.38. The van der Waals surface area contributed by atoms with Gasteiger partial charge in [-0.05, 0) is 48.9 Å². The quantitative estimate of drug-likeness (QED) is 0.249. The molecule has 0 unspecified atom stereocenters. The highest BCUT2D eigenvalue weighted by atomic mass is 127. The van der Waals surface area contributed by atoms with E-state index in [1.54, 1.807) is 6.26 Å². The van der Waals surface area contributed by atoms with Crippen molar-refractivity contribution in [2.45, 2.75) is 31.9 Å². The van der Waals surface area contributed by atoms with E-state index in [1.807, 2.05) is 30.5 Å². The number of nitrogens with one attached hydrogen (secondary N) is 2. The van der Waals surface area contributed by atoms with Crippen molar-refractivity contribution in [3.63, 3.8) is 0 Å². The summed E-state index contributed by atoms with van der Waals surface area (Å²) >= 11 is 1.82. The van der Waals surface area contributed by atoms with E-state index < -0.39 is 0 Å². The fraction of sp³-hybridized carbons (Fsp3) is 0.526. The van der Waals surface area contributed by atoms with Gasteiger partial charge in [-0.25, -0.2) is 0 Å². The van der Waals surface area contributed by atoms with Crippen molar-refractivity contribution in [1.29, 1.82) is 0 Å². The van der Waals surface area contributed by atoms with Crippen LogP contribution in [0.1, 0.15) is 25.0 Å². The van der Waals surface area contributed by atoms with Crippen LogP contribution in [0, 0.1) is 0 Å². The van der Waals surface area contributed by atoms with Gasteiger partial charge in [0.25, 0.3) is 0 Å². The highest BCUT2D eigenvalue weighted by Crippen LogP contribution is 2.24. The number of guanidine groups is 1. The zero-order chi connectivity index (χ0) is 18.0. The van der Waals surface area contributed by atoms with Crippen LogP contribution >= 0.6 is 35.3 Å². The Balaban J connectivity index is 0.00000261. The number of halogens is 1. The Hall–Kier alpha value is -1.26. The number of anilines is 1. The molecule has 0 radical (unpaired) electrons. The summed E-state index contributed by atoms with van der Waals surface area (Å²) < 4.78 is 10.8. The van der Waals surface area contributed by atoms with Crippen LogP contribution in [0.15, 0.2) is 45.3 Å². The van der Waals surface area contributed by atoms with Crippen molar-refractivity contribution >= 4 is 46.3 Å². The monoisotopic (exact) mass is 504 g/mol. The first-order valence-corrected chi connectivity index (χ1v) is 10.1. The summed E-state index contributed by atoms with van der Waals surface area (Å²) in [5.41, 5.74) is 0. The second kappa shape index (κ2) is 12.2. The first kappa shape index (κ1) is 22.0. The van der Waals surface area contributed by atoms with Crippen molar-refractivity contribution in [3.8, 4) is 0 Å². The fourth-order valence-corrected chi connectivity index (χ4v) is 3.82. The van der Waals surface area contributed by atoms with Gasteiger partial charge in [-0.3, -0.25) is 4.99 Å². The molecule has 1 saturated heterocycles. The van der Waals surface area contributed by atoms with Crippen LogP contribution in [0.2, 0.25) is 0 Å². The number of hydrogen-bond donors (Lipinski definition) is 2. The van der Waals surface area contributed by atoms with Crippen LogP contribution in [0.3, 0.4) is 0 Å². The molecule has 0 saturated carbocycles. The zero-order valence-corrected chi connectivity index (χ0v) is 18.9.